The van der Waals surface area contributed by atoms with Gasteiger partial charge in [-0.2, -0.15) is 0 Å². The van der Waals surface area contributed by atoms with Crippen LogP contribution in [-0.4, -0.2) is 25.6 Å². The van der Waals surface area contributed by atoms with Crippen LogP contribution in [0.1, 0.15) is 12.8 Å². The van der Waals surface area contributed by atoms with Crippen LogP contribution in [0.4, 0.5) is 0 Å². The van der Waals surface area contributed by atoms with Crippen molar-refractivity contribution >= 4 is 0 Å². The van der Waals surface area contributed by atoms with Gasteiger partial charge in [0.1, 0.15) is 0 Å². The fourth-order valence-corrected chi connectivity index (χ4v) is 0.634. The third-order valence-electron chi connectivity index (χ3n) is 1.39. The Kier molecular flexibility index (Phi) is 1.86. The lowest BCUT2D eigenvalue weighted by atomic mass is 10.4. The number of nitrogens with zero attached hydrogens (tertiary/aromatic N) is 1. The van der Waals surface area contributed by atoms with Crippen LogP contribution in [0.3, 0.4) is 0 Å². The molecule has 1 rings (SSSR count). The molecule has 48 valence electrons. The molecule has 1 fully saturated rings. The van der Waals surface area contributed by atoms with Gasteiger partial charge in [0.2, 0.25) is 0 Å². The van der Waals surface area contributed by atoms with Gasteiger partial charge in [0, 0.05) is 20.6 Å². The molecule has 0 unspecified atom stereocenters. The van der Waals surface area contributed by atoms with Crippen molar-refractivity contribution in [3.05, 3.63) is 0 Å². The maximum Gasteiger partial charge on any atom is 0.0130 e. The molecular weight excluding hydrogens is 100 g/mol. The largest absolute Gasteiger partial charge is 0.255 e. The predicted octanol–water partition coefficient (Wildman–Crippen LogP) is 0.463. The molecule has 1 saturated carbocycles. The summed E-state index contributed by atoms with van der Waals surface area (Å²) in [6, 6.07) is 0. The van der Waals surface area contributed by atoms with Gasteiger partial charge in [-0.15, -0.1) is 0 Å². The van der Waals surface area contributed by atoms with Crippen molar-refractivity contribution in [2.24, 2.45) is 5.92 Å². The minimum atomic E-state index is 0.984. The summed E-state index contributed by atoms with van der Waals surface area (Å²) in [5, 5.41) is 2.01. The molecule has 0 aliphatic heterocycles. The smallest absolute Gasteiger partial charge is 0.0130 e. The average molecular weight is 114 g/mol. The fourth-order valence-electron chi connectivity index (χ4n) is 0.634. The highest BCUT2D eigenvalue weighted by Gasteiger charge is 2.20. The lowest BCUT2D eigenvalue weighted by Gasteiger charge is -2.09. The third-order valence-corrected chi connectivity index (χ3v) is 1.39. The van der Waals surface area contributed by atoms with Gasteiger partial charge in [-0.25, -0.2) is 0 Å². The molecule has 0 aromatic heterocycles. The Morgan fingerprint density at radius 3 is 2.50 bits per heavy atom. The Morgan fingerprint density at radius 1 is 1.50 bits per heavy atom. The monoisotopic (exact) mass is 114 g/mol. The van der Waals surface area contributed by atoms with Crippen molar-refractivity contribution < 1.29 is 0 Å². The molecule has 0 bridgehead atoms. The summed E-state index contributed by atoms with van der Waals surface area (Å²) < 4.78 is 0. The van der Waals surface area contributed by atoms with Gasteiger partial charge in [0.25, 0.3) is 0 Å². The van der Waals surface area contributed by atoms with E-state index in [2.05, 4.69) is 5.43 Å². The Labute approximate surface area is 50.8 Å². The van der Waals surface area contributed by atoms with Crippen molar-refractivity contribution in [3.63, 3.8) is 0 Å². The Balaban J connectivity index is 1.87. The molecule has 1 N–H and O–H groups in total. The number of nitrogens with one attached hydrogen (secondary N) is 1. The number of hydrogen-bond acceptors (Lipinski definition) is 2. The van der Waals surface area contributed by atoms with Gasteiger partial charge in [-0.3, -0.25) is 10.4 Å². The molecule has 0 aromatic carbocycles. The van der Waals surface area contributed by atoms with Crippen LogP contribution in [0.25, 0.3) is 0 Å². The standard InChI is InChI=1S/C6H14N2/c1-8(2)7-5-6-3-4-6/h6-7H,3-5H2,1-2H3. The van der Waals surface area contributed by atoms with E-state index in [1.807, 2.05) is 19.1 Å². The Bertz CT molecular complexity index is 64.9. The van der Waals surface area contributed by atoms with E-state index >= 15 is 0 Å². The Hall–Kier alpha value is -0.0800. The first-order valence-corrected chi connectivity index (χ1v) is 3.20. The summed E-state index contributed by atoms with van der Waals surface area (Å²) in [5.74, 6) is 0.984. The van der Waals surface area contributed by atoms with Crippen molar-refractivity contribution in [2.75, 3.05) is 20.6 Å². The lowest BCUT2D eigenvalue weighted by Crippen LogP contribution is -2.31. The molecule has 8 heavy (non-hydrogen) atoms. The van der Waals surface area contributed by atoms with E-state index in [0.717, 1.165) is 5.92 Å². The molecule has 0 spiro atoms. The van der Waals surface area contributed by atoms with Crippen LogP contribution < -0.4 is 5.43 Å². The third kappa shape index (κ3) is 2.28. The molecule has 1 aliphatic rings. The summed E-state index contributed by atoms with van der Waals surface area (Å²) in [6.45, 7) is 1.17. The predicted molar refractivity (Wildman–Crippen MR) is 34.4 cm³/mol. The first-order chi connectivity index (χ1) is 3.79. The number of rotatable bonds is 3. The highest BCUT2D eigenvalue weighted by atomic mass is 15.5. The quantitative estimate of drug-likeness (QED) is 0.536. The molecule has 0 saturated heterocycles. The van der Waals surface area contributed by atoms with Crippen LogP contribution in [0.2, 0.25) is 0 Å². The van der Waals surface area contributed by atoms with Crippen LogP contribution in [0.15, 0.2) is 0 Å². The second-order valence-electron chi connectivity index (χ2n) is 2.70. The molecule has 2 nitrogen and oxygen atoms in total. The second-order valence-corrected chi connectivity index (χ2v) is 2.70. The second kappa shape index (κ2) is 2.46. The average Bonchev–Trinajstić information content (AvgIpc) is 2.41. The van der Waals surface area contributed by atoms with E-state index in [1.165, 1.54) is 19.4 Å². The van der Waals surface area contributed by atoms with Crippen LogP contribution in [-0.2, 0) is 0 Å². The summed E-state index contributed by atoms with van der Waals surface area (Å²) in [4.78, 5) is 0. The molecule has 2 heteroatoms. The van der Waals surface area contributed by atoms with Gasteiger partial charge < -0.3 is 0 Å². The molecular formula is C6H14N2. The number of hydrogen-bond donors (Lipinski definition) is 1. The van der Waals surface area contributed by atoms with Gasteiger partial charge in [0.05, 0.1) is 0 Å². The van der Waals surface area contributed by atoms with E-state index in [9.17, 15) is 0 Å². The highest BCUT2D eigenvalue weighted by Crippen LogP contribution is 2.27. The van der Waals surface area contributed by atoms with Gasteiger partial charge >= 0.3 is 0 Å². The van der Waals surface area contributed by atoms with Gasteiger partial charge in [-0.1, -0.05) is 0 Å². The topological polar surface area (TPSA) is 15.3 Å². The normalized spacial score (nSPS) is 19.9. The van der Waals surface area contributed by atoms with Crippen molar-refractivity contribution in [1.82, 2.24) is 10.4 Å². The first kappa shape index (κ1) is 6.05. The van der Waals surface area contributed by atoms with E-state index in [4.69, 9.17) is 0 Å². The van der Waals surface area contributed by atoms with Crippen molar-refractivity contribution in [3.8, 4) is 0 Å². The fraction of sp³-hybridized carbons (Fsp3) is 1.00. The minimum absolute atomic E-state index is 0.984. The first-order valence-electron chi connectivity index (χ1n) is 3.20. The zero-order chi connectivity index (χ0) is 5.98. The number of hydrazine groups is 1. The molecule has 0 radical (unpaired) electrons. The SMILES string of the molecule is CN(C)NCC1CC1. The summed E-state index contributed by atoms with van der Waals surface area (Å²) >= 11 is 0. The van der Waals surface area contributed by atoms with Crippen molar-refractivity contribution in [1.29, 1.82) is 0 Å². The molecule has 0 aromatic rings. The minimum Gasteiger partial charge on any atom is -0.255 e. The summed E-state index contributed by atoms with van der Waals surface area (Å²) in [7, 11) is 4.06. The van der Waals surface area contributed by atoms with Gasteiger partial charge in [0.15, 0.2) is 0 Å². The maximum absolute atomic E-state index is 3.24. The van der Waals surface area contributed by atoms with Crippen molar-refractivity contribution in [2.45, 2.75) is 12.8 Å². The molecule has 0 atom stereocenters. The van der Waals surface area contributed by atoms with Crippen LogP contribution >= 0.6 is 0 Å². The summed E-state index contributed by atoms with van der Waals surface area (Å²) in [6.07, 6.45) is 2.86. The van der Waals surface area contributed by atoms with Crippen LogP contribution in [0.5, 0.6) is 0 Å². The zero-order valence-corrected chi connectivity index (χ0v) is 5.65. The molecule has 1 aliphatic carbocycles. The van der Waals surface area contributed by atoms with E-state index in [0.29, 0.717) is 0 Å². The highest BCUT2D eigenvalue weighted by molar-refractivity contribution is 4.73. The maximum atomic E-state index is 3.24. The van der Waals surface area contributed by atoms with E-state index < -0.39 is 0 Å². The zero-order valence-electron chi connectivity index (χ0n) is 5.65. The van der Waals surface area contributed by atoms with E-state index in [1.54, 1.807) is 0 Å². The Morgan fingerprint density at radius 2 is 2.12 bits per heavy atom. The molecule has 0 amide bonds. The van der Waals surface area contributed by atoms with E-state index in [-0.39, 0.29) is 0 Å². The molecule has 0 heterocycles. The van der Waals surface area contributed by atoms with Crippen LogP contribution in [0, 0.1) is 5.92 Å². The summed E-state index contributed by atoms with van der Waals surface area (Å²) in [5.41, 5.74) is 3.24. The van der Waals surface area contributed by atoms with Gasteiger partial charge in [-0.05, 0) is 18.8 Å². The lowest BCUT2D eigenvalue weighted by molar-refractivity contribution is 0.284.